The summed E-state index contributed by atoms with van der Waals surface area (Å²) in [5, 5.41) is 2.94. The maximum absolute atomic E-state index is 12.1. The molecule has 1 heterocycles. The Kier molecular flexibility index (Phi) is 4.66. The number of carbonyl (C=O) groups is 1. The van der Waals surface area contributed by atoms with E-state index in [0.717, 1.165) is 37.4 Å². The first-order valence-electron chi connectivity index (χ1n) is 6.94. The van der Waals surface area contributed by atoms with Gasteiger partial charge in [0.05, 0.1) is 12.3 Å². The molecular weight excluding hydrogens is 240 g/mol. The van der Waals surface area contributed by atoms with Gasteiger partial charge in [-0.2, -0.15) is 0 Å². The van der Waals surface area contributed by atoms with Gasteiger partial charge >= 0.3 is 6.03 Å². The van der Waals surface area contributed by atoms with Crippen molar-refractivity contribution in [1.82, 2.24) is 4.90 Å². The number of benzene rings is 1. The summed E-state index contributed by atoms with van der Waals surface area (Å²) < 4.78 is 5.73. The summed E-state index contributed by atoms with van der Waals surface area (Å²) in [6.07, 6.45) is 2.19. The van der Waals surface area contributed by atoms with E-state index in [0.29, 0.717) is 12.5 Å². The average Bonchev–Trinajstić information content (AvgIpc) is 2.91. The quantitative estimate of drug-likeness (QED) is 0.904. The summed E-state index contributed by atoms with van der Waals surface area (Å²) in [4.78, 5) is 13.9. The number of likely N-dealkylation sites (tertiary alicyclic amines) is 1. The minimum absolute atomic E-state index is 0.0295. The molecule has 0 aliphatic carbocycles. The van der Waals surface area contributed by atoms with Crippen LogP contribution in [0.25, 0.3) is 0 Å². The molecule has 0 radical (unpaired) electrons. The number of hydrogen-bond donors (Lipinski definition) is 1. The first kappa shape index (κ1) is 13.7. The van der Waals surface area contributed by atoms with Gasteiger partial charge in [0.25, 0.3) is 0 Å². The van der Waals surface area contributed by atoms with E-state index in [-0.39, 0.29) is 6.03 Å². The van der Waals surface area contributed by atoms with Crippen LogP contribution < -0.4 is 10.1 Å². The van der Waals surface area contributed by atoms with Crippen molar-refractivity contribution in [3.8, 4) is 5.75 Å². The molecule has 0 atom stereocenters. The third-order valence-electron chi connectivity index (χ3n) is 3.09. The molecule has 1 aromatic rings. The van der Waals surface area contributed by atoms with E-state index >= 15 is 0 Å². The predicted molar refractivity (Wildman–Crippen MR) is 76.6 cm³/mol. The number of nitrogens with one attached hydrogen (secondary N) is 1. The molecule has 19 heavy (non-hydrogen) atoms. The zero-order valence-corrected chi connectivity index (χ0v) is 11.7. The zero-order valence-electron chi connectivity index (χ0n) is 11.7. The molecule has 1 saturated heterocycles. The highest BCUT2D eigenvalue weighted by atomic mass is 16.5. The molecule has 2 amide bonds. The highest BCUT2D eigenvalue weighted by molar-refractivity contribution is 5.91. The van der Waals surface area contributed by atoms with E-state index in [4.69, 9.17) is 4.74 Å². The number of rotatable bonds is 4. The normalized spacial score (nSPS) is 14.8. The fourth-order valence-corrected chi connectivity index (χ4v) is 2.07. The number of urea groups is 1. The van der Waals surface area contributed by atoms with Crippen LogP contribution in [0.5, 0.6) is 5.75 Å². The highest BCUT2D eigenvalue weighted by Crippen LogP contribution is 2.25. The van der Waals surface area contributed by atoms with Crippen molar-refractivity contribution in [3.05, 3.63) is 24.3 Å². The second kappa shape index (κ2) is 6.45. The number of hydrogen-bond acceptors (Lipinski definition) is 2. The minimum atomic E-state index is -0.0295. The van der Waals surface area contributed by atoms with Crippen molar-refractivity contribution in [1.29, 1.82) is 0 Å². The van der Waals surface area contributed by atoms with Crippen molar-refractivity contribution in [2.24, 2.45) is 5.92 Å². The molecule has 1 fully saturated rings. The molecule has 2 rings (SSSR count). The van der Waals surface area contributed by atoms with Crippen molar-refractivity contribution in [2.75, 3.05) is 25.0 Å². The molecule has 0 aromatic heterocycles. The van der Waals surface area contributed by atoms with Crippen LogP contribution in [0.15, 0.2) is 24.3 Å². The van der Waals surface area contributed by atoms with Crippen molar-refractivity contribution in [2.45, 2.75) is 26.7 Å². The fourth-order valence-electron chi connectivity index (χ4n) is 2.07. The molecular formula is C15H22N2O2. The van der Waals surface area contributed by atoms with Gasteiger partial charge in [0.2, 0.25) is 0 Å². The van der Waals surface area contributed by atoms with Crippen molar-refractivity contribution < 1.29 is 9.53 Å². The fraction of sp³-hybridized carbons (Fsp3) is 0.533. The maximum Gasteiger partial charge on any atom is 0.321 e. The van der Waals surface area contributed by atoms with E-state index in [1.807, 2.05) is 29.2 Å². The molecule has 4 heteroatoms. The smallest absolute Gasteiger partial charge is 0.321 e. The van der Waals surface area contributed by atoms with Gasteiger partial charge in [-0.15, -0.1) is 0 Å². The van der Waals surface area contributed by atoms with Crippen LogP contribution >= 0.6 is 0 Å². The van der Waals surface area contributed by atoms with Crippen molar-refractivity contribution in [3.63, 3.8) is 0 Å². The zero-order chi connectivity index (χ0) is 13.7. The van der Waals surface area contributed by atoms with Gasteiger partial charge in [-0.05, 0) is 30.9 Å². The molecule has 1 N–H and O–H groups in total. The lowest BCUT2D eigenvalue weighted by molar-refractivity contribution is 0.222. The highest BCUT2D eigenvalue weighted by Gasteiger charge is 2.18. The lowest BCUT2D eigenvalue weighted by Gasteiger charge is -2.18. The van der Waals surface area contributed by atoms with E-state index < -0.39 is 0 Å². The monoisotopic (exact) mass is 262 g/mol. The van der Waals surface area contributed by atoms with Gasteiger partial charge in [0.1, 0.15) is 5.75 Å². The number of nitrogens with zero attached hydrogens (tertiary/aromatic N) is 1. The molecule has 0 bridgehead atoms. The Morgan fingerprint density at radius 1 is 1.32 bits per heavy atom. The van der Waals surface area contributed by atoms with Crippen LogP contribution in [-0.4, -0.2) is 30.6 Å². The van der Waals surface area contributed by atoms with E-state index in [1.165, 1.54) is 0 Å². The van der Waals surface area contributed by atoms with Crippen LogP contribution in [0.4, 0.5) is 10.5 Å². The summed E-state index contributed by atoms with van der Waals surface area (Å²) in [7, 11) is 0. The molecule has 1 aromatic carbocycles. The third-order valence-corrected chi connectivity index (χ3v) is 3.09. The molecule has 0 saturated carbocycles. The molecule has 4 nitrogen and oxygen atoms in total. The summed E-state index contributed by atoms with van der Waals surface area (Å²) in [5.41, 5.74) is 0.750. The van der Waals surface area contributed by atoms with Crippen LogP contribution in [-0.2, 0) is 0 Å². The van der Waals surface area contributed by atoms with Gasteiger partial charge in [-0.25, -0.2) is 4.79 Å². The Morgan fingerprint density at radius 2 is 2.00 bits per heavy atom. The Balaban J connectivity index is 2.00. The number of carbonyl (C=O) groups excluding carboxylic acids is 1. The maximum atomic E-state index is 12.1. The standard InChI is InChI=1S/C15H22N2O2/c1-12(2)11-19-14-8-4-3-7-13(14)16-15(18)17-9-5-6-10-17/h3-4,7-8,12H,5-6,9-11H2,1-2H3,(H,16,18). The first-order valence-corrected chi connectivity index (χ1v) is 6.94. The Morgan fingerprint density at radius 3 is 2.68 bits per heavy atom. The summed E-state index contributed by atoms with van der Waals surface area (Å²) in [6, 6.07) is 7.56. The largest absolute Gasteiger partial charge is 0.491 e. The second-order valence-electron chi connectivity index (χ2n) is 5.33. The SMILES string of the molecule is CC(C)COc1ccccc1NC(=O)N1CCCC1. The number of anilines is 1. The summed E-state index contributed by atoms with van der Waals surface area (Å²) >= 11 is 0. The minimum Gasteiger partial charge on any atom is -0.491 e. The van der Waals surface area contributed by atoms with Gasteiger partial charge in [-0.3, -0.25) is 0 Å². The van der Waals surface area contributed by atoms with Gasteiger partial charge in [-0.1, -0.05) is 26.0 Å². The third kappa shape index (κ3) is 3.88. The number of amides is 2. The Hall–Kier alpha value is -1.71. The van der Waals surface area contributed by atoms with Crippen molar-refractivity contribution >= 4 is 11.7 Å². The van der Waals surface area contributed by atoms with Gasteiger partial charge < -0.3 is 15.0 Å². The summed E-state index contributed by atoms with van der Waals surface area (Å²) in [5.74, 6) is 1.20. The van der Waals surface area contributed by atoms with Crippen LogP contribution in [0.2, 0.25) is 0 Å². The van der Waals surface area contributed by atoms with Crippen LogP contribution in [0.1, 0.15) is 26.7 Å². The number of para-hydroxylation sites is 2. The second-order valence-corrected chi connectivity index (χ2v) is 5.33. The van der Waals surface area contributed by atoms with Gasteiger partial charge in [0, 0.05) is 13.1 Å². The first-order chi connectivity index (χ1) is 9.16. The van der Waals surface area contributed by atoms with Crippen LogP contribution in [0, 0.1) is 5.92 Å². The summed E-state index contributed by atoms with van der Waals surface area (Å²) in [6.45, 7) is 6.55. The molecule has 1 aliphatic heterocycles. The lowest BCUT2D eigenvalue weighted by atomic mass is 10.2. The molecule has 0 unspecified atom stereocenters. The topological polar surface area (TPSA) is 41.6 Å². The Bertz CT molecular complexity index is 426. The molecule has 0 spiro atoms. The molecule has 1 aliphatic rings. The predicted octanol–water partition coefficient (Wildman–Crippen LogP) is 3.35. The van der Waals surface area contributed by atoms with Crippen LogP contribution in [0.3, 0.4) is 0 Å². The number of ether oxygens (including phenoxy) is 1. The van der Waals surface area contributed by atoms with E-state index in [1.54, 1.807) is 0 Å². The van der Waals surface area contributed by atoms with Gasteiger partial charge in [0.15, 0.2) is 0 Å². The van der Waals surface area contributed by atoms with E-state index in [9.17, 15) is 4.79 Å². The lowest BCUT2D eigenvalue weighted by Crippen LogP contribution is -2.32. The van der Waals surface area contributed by atoms with E-state index in [2.05, 4.69) is 19.2 Å². The Labute approximate surface area is 114 Å². The average molecular weight is 262 g/mol. The molecule has 104 valence electrons.